The Bertz CT molecular complexity index is 282. The monoisotopic (exact) mass is 256 g/mol. The Morgan fingerprint density at radius 1 is 1.50 bits per heavy atom. The van der Waals surface area contributed by atoms with Crippen LogP contribution in [0.3, 0.4) is 0 Å². The molecule has 0 radical (unpaired) electrons. The van der Waals surface area contributed by atoms with Gasteiger partial charge >= 0.3 is 0 Å². The van der Waals surface area contributed by atoms with E-state index in [1.807, 2.05) is 6.92 Å². The molecular weight excluding hydrogens is 228 g/mol. The van der Waals surface area contributed by atoms with E-state index < -0.39 is 11.1 Å². The average Bonchev–Trinajstić information content (AvgIpc) is 2.30. The summed E-state index contributed by atoms with van der Waals surface area (Å²) in [6, 6.07) is 0. The second kappa shape index (κ2) is 6.02. The Morgan fingerprint density at radius 3 is 2.56 bits per heavy atom. The highest BCUT2D eigenvalue weighted by atomic mass is 16.3. The van der Waals surface area contributed by atoms with Crippen molar-refractivity contribution in [2.24, 2.45) is 11.7 Å². The standard InChI is InChI=1S/C14H28N2O2/c1-4-7-13(3,15)12(17)16-10-14(18)8-5-11(2)6-9-14/h11,18H,4-10,15H2,1-3H3,(H,16,17). The molecule has 1 rings (SSSR count). The van der Waals surface area contributed by atoms with Crippen molar-refractivity contribution in [3.05, 3.63) is 0 Å². The van der Waals surface area contributed by atoms with E-state index in [-0.39, 0.29) is 5.91 Å². The maximum absolute atomic E-state index is 12.0. The molecule has 0 saturated heterocycles. The number of aliphatic hydroxyl groups is 1. The van der Waals surface area contributed by atoms with E-state index in [1.54, 1.807) is 6.92 Å². The molecule has 4 heteroatoms. The molecule has 0 aromatic carbocycles. The van der Waals surface area contributed by atoms with Crippen LogP contribution in [0.15, 0.2) is 0 Å². The number of carbonyl (C=O) groups excluding carboxylic acids is 1. The molecule has 1 fully saturated rings. The maximum atomic E-state index is 12.0. The zero-order chi connectivity index (χ0) is 13.8. The number of rotatable bonds is 5. The maximum Gasteiger partial charge on any atom is 0.239 e. The normalized spacial score (nSPS) is 31.7. The molecule has 0 aliphatic heterocycles. The number of carbonyl (C=O) groups is 1. The molecule has 18 heavy (non-hydrogen) atoms. The van der Waals surface area contributed by atoms with E-state index in [2.05, 4.69) is 12.2 Å². The first-order valence-electron chi connectivity index (χ1n) is 7.09. The van der Waals surface area contributed by atoms with E-state index in [1.165, 1.54) is 0 Å². The lowest BCUT2D eigenvalue weighted by Gasteiger charge is -2.36. The van der Waals surface area contributed by atoms with Gasteiger partial charge in [0.1, 0.15) is 0 Å². The van der Waals surface area contributed by atoms with Crippen molar-refractivity contribution in [3.63, 3.8) is 0 Å². The topological polar surface area (TPSA) is 75.4 Å². The van der Waals surface area contributed by atoms with E-state index in [0.29, 0.717) is 18.9 Å². The van der Waals surface area contributed by atoms with Gasteiger partial charge in [0.2, 0.25) is 5.91 Å². The third-order valence-electron chi connectivity index (χ3n) is 4.07. The van der Waals surface area contributed by atoms with Gasteiger partial charge in [-0.25, -0.2) is 0 Å². The molecule has 4 nitrogen and oxygen atoms in total. The molecule has 1 atom stereocenters. The zero-order valence-electron chi connectivity index (χ0n) is 12.0. The van der Waals surface area contributed by atoms with Gasteiger partial charge in [-0.1, -0.05) is 20.3 Å². The minimum Gasteiger partial charge on any atom is -0.388 e. The summed E-state index contributed by atoms with van der Waals surface area (Å²) in [5.74, 6) is 0.525. The van der Waals surface area contributed by atoms with Gasteiger partial charge in [-0.2, -0.15) is 0 Å². The van der Waals surface area contributed by atoms with Gasteiger partial charge in [0, 0.05) is 6.54 Å². The van der Waals surface area contributed by atoms with Gasteiger partial charge in [0.25, 0.3) is 0 Å². The Kier molecular flexibility index (Phi) is 5.17. The number of hydrogen-bond donors (Lipinski definition) is 3. The van der Waals surface area contributed by atoms with Crippen LogP contribution in [0.1, 0.15) is 59.3 Å². The van der Waals surface area contributed by atoms with Crippen molar-refractivity contribution >= 4 is 5.91 Å². The van der Waals surface area contributed by atoms with E-state index in [4.69, 9.17) is 5.73 Å². The molecule has 0 bridgehead atoms. The predicted molar refractivity (Wildman–Crippen MR) is 73.1 cm³/mol. The molecule has 1 aliphatic carbocycles. The molecule has 0 spiro atoms. The van der Waals surface area contributed by atoms with Gasteiger partial charge in [0.15, 0.2) is 0 Å². The van der Waals surface area contributed by atoms with E-state index in [9.17, 15) is 9.90 Å². The molecule has 1 saturated carbocycles. The highest BCUT2D eigenvalue weighted by Gasteiger charge is 2.34. The van der Waals surface area contributed by atoms with Gasteiger partial charge in [-0.3, -0.25) is 4.79 Å². The summed E-state index contributed by atoms with van der Waals surface area (Å²) in [5.41, 5.74) is 4.40. The fourth-order valence-electron chi connectivity index (χ4n) is 2.56. The molecule has 1 amide bonds. The fourth-order valence-corrected chi connectivity index (χ4v) is 2.56. The molecular formula is C14H28N2O2. The molecule has 0 heterocycles. The minimum atomic E-state index is -0.826. The third kappa shape index (κ3) is 4.25. The summed E-state index contributed by atoms with van der Waals surface area (Å²) in [4.78, 5) is 12.0. The van der Waals surface area contributed by atoms with Crippen molar-refractivity contribution in [3.8, 4) is 0 Å². The number of nitrogens with two attached hydrogens (primary N) is 1. The zero-order valence-corrected chi connectivity index (χ0v) is 12.0. The lowest BCUT2D eigenvalue weighted by molar-refractivity contribution is -0.127. The summed E-state index contributed by atoms with van der Waals surface area (Å²) in [6.07, 6.45) is 5.13. The van der Waals surface area contributed by atoms with Gasteiger partial charge < -0.3 is 16.2 Å². The summed E-state index contributed by atoms with van der Waals surface area (Å²) >= 11 is 0. The van der Waals surface area contributed by atoms with Gasteiger partial charge in [0.05, 0.1) is 11.1 Å². The van der Waals surface area contributed by atoms with Crippen LogP contribution < -0.4 is 11.1 Å². The first-order chi connectivity index (χ1) is 8.29. The second-order valence-electron chi connectivity index (χ2n) is 6.26. The Hall–Kier alpha value is -0.610. The van der Waals surface area contributed by atoms with Crippen LogP contribution in [-0.2, 0) is 4.79 Å². The minimum absolute atomic E-state index is 0.156. The molecule has 0 aromatic heterocycles. The lowest BCUT2D eigenvalue weighted by atomic mass is 9.79. The SMILES string of the molecule is CCCC(C)(N)C(=O)NCC1(O)CCC(C)CC1. The molecule has 106 valence electrons. The Labute approximate surface area is 110 Å². The first-order valence-corrected chi connectivity index (χ1v) is 7.09. The van der Waals surface area contributed by atoms with Crippen molar-refractivity contribution < 1.29 is 9.90 Å². The highest BCUT2D eigenvalue weighted by molar-refractivity contribution is 5.85. The number of amides is 1. The Morgan fingerprint density at radius 2 is 2.06 bits per heavy atom. The van der Waals surface area contributed by atoms with Gasteiger partial charge in [-0.05, 0) is 44.9 Å². The summed E-state index contributed by atoms with van der Waals surface area (Å²) in [6.45, 7) is 6.29. The average molecular weight is 256 g/mol. The summed E-state index contributed by atoms with van der Waals surface area (Å²) in [5, 5.41) is 13.2. The third-order valence-corrected chi connectivity index (χ3v) is 4.07. The van der Waals surface area contributed by atoms with Crippen molar-refractivity contribution in [2.45, 2.75) is 70.4 Å². The van der Waals surface area contributed by atoms with Crippen LogP contribution >= 0.6 is 0 Å². The number of hydrogen-bond acceptors (Lipinski definition) is 3. The van der Waals surface area contributed by atoms with Crippen LogP contribution in [0.4, 0.5) is 0 Å². The summed E-state index contributed by atoms with van der Waals surface area (Å²) < 4.78 is 0. The van der Waals surface area contributed by atoms with Crippen molar-refractivity contribution in [1.29, 1.82) is 0 Å². The largest absolute Gasteiger partial charge is 0.388 e. The lowest BCUT2D eigenvalue weighted by Crippen LogP contribution is -2.55. The van der Waals surface area contributed by atoms with E-state index in [0.717, 1.165) is 32.1 Å². The van der Waals surface area contributed by atoms with E-state index >= 15 is 0 Å². The molecule has 4 N–H and O–H groups in total. The highest BCUT2D eigenvalue weighted by Crippen LogP contribution is 2.31. The van der Waals surface area contributed by atoms with Crippen LogP contribution in [0.2, 0.25) is 0 Å². The van der Waals surface area contributed by atoms with Crippen LogP contribution in [-0.4, -0.2) is 28.7 Å². The predicted octanol–water partition coefficient (Wildman–Crippen LogP) is 1.56. The second-order valence-corrected chi connectivity index (χ2v) is 6.26. The van der Waals surface area contributed by atoms with Crippen LogP contribution in [0, 0.1) is 5.92 Å². The van der Waals surface area contributed by atoms with Gasteiger partial charge in [-0.15, -0.1) is 0 Å². The molecule has 1 unspecified atom stereocenters. The Balaban J connectivity index is 2.42. The fraction of sp³-hybridized carbons (Fsp3) is 0.929. The molecule has 0 aromatic rings. The molecule has 1 aliphatic rings. The van der Waals surface area contributed by atoms with Crippen LogP contribution in [0.25, 0.3) is 0 Å². The summed E-state index contributed by atoms with van der Waals surface area (Å²) in [7, 11) is 0. The quantitative estimate of drug-likeness (QED) is 0.699. The first kappa shape index (κ1) is 15.4. The van der Waals surface area contributed by atoms with Crippen molar-refractivity contribution in [2.75, 3.05) is 6.54 Å². The smallest absolute Gasteiger partial charge is 0.239 e. The van der Waals surface area contributed by atoms with Crippen molar-refractivity contribution in [1.82, 2.24) is 5.32 Å². The number of nitrogens with one attached hydrogen (secondary N) is 1. The van der Waals surface area contributed by atoms with Crippen LogP contribution in [0.5, 0.6) is 0 Å².